The van der Waals surface area contributed by atoms with Crippen LogP contribution in [0.1, 0.15) is 33.6 Å². The van der Waals surface area contributed by atoms with Crippen LogP contribution < -0.4 is 0 Å². The third-order valence-electron chi connectivity index (χ3n) is 3.82. The molecular weight excluding hydrogens is 144 g/mol. The predicted molar refractivity (Wildman–Crippen MR) is 52.9 cm³/mol. The molecule has 2 aliphatic carbocycles. The molecule has 0 saturated heterocycles. The number of rotatable bonds is 0. The molecule has 0 fully saturated rings. The van der Waals surface area contributed by atoms with E-state index in [-0.39, 0.29) is 0 Å². The van der Waals surface area contributed by atoms with E-state index in [0.29, 0.717) is 5.41 Å². The maximum Gasteiger partial charge on any atom is -0.00496 e. The molecule has 0 aromatic heterocycles. The van der Waals surface area contributed by atoms with Gasteiger partial charge < -0.3 is 0 Å². The van der Waals surface area contributed by atoms with Gasteiger partial charge >= 0.3 is 0 Å². The normalized spacial score (nSPS) is 45.8. The molecule has 0 radical (unpaired) electrons. The lowest BCUT2D eigenvalue weighted by Gasteiger charge is -2.37. The van der Waals surface area contributed by atoms with Crippen molar-refractivity contribution in [3.05, 3.63) is 23.8 Å². The van der Waals surface area contributed by atoms with Crippen LogP contribution in [0.25, 0.3) is 0 Å². The Bertz CT molecular complexity index is 247. The van der Waals surface area contributed by atoms with Crippen LogP contribution in [0.15, 0.2) is 23.8 Å². The summed E-state index contributed by atoms with van der Waals surface area (Å²) in [6.07, 6.45) is 9.84. The zero-order valence-corrected chi connectivity index (χ0v) is 8.30. The SMILES string of the molecule is CC1=C[C@@]2(C)[C@H](C)CC=C[C@H]2C1. The minimum atomic E-state index is 0.471. The van der Waals surface area contributed by atoms with Crippen LogP contribution in [0.3, 0.4) is 0 Å². The molecule has 12 heavy (non-hydrogen) atoms. The van der Waals surface area contributed by atoms with E-state index in [1.54, 1.807) is 5.57 Å². The van der Waals surface area contributed by atoms with Gasteiger partial charge in [-0.2, -0.15) is 0 Å². The van der Waals surface area contributed by atoms with Crippen molar-refractivity contribution in [1.29, 1.82) is 0 Å². The molecule has 3 atom stereocenters. The van der Waals surface area contributed by atoms with Crippen molar-refractivity contribution < 1.29 is 0 Å². The highest BCUT2D eigenvalue weighted by Crippen LogP contribution is 2.50. The van der Waals surface area contributed by atoms with E-state index in [1.165, 1.54) is 12.8 Å². The Morgan fingerprint density at radius 1 is 1.50 bits per heavy atom. The van der Waals surface area contributed by atoms with Crippen LogP contribution in [0.2, 0.25) is 0 Å². The van der Waals surface area contributed by atoms with Gasteiger partial charge in [-0.25, -0.2) is 0 Å². The second kappa shape index (κ2) is 2.48. The molecule has 0 bridgehead atoms. The van der Waals surface area contributed by atoms with Gasteiger partial charge in [0.2, 0.25) is 0 Å². The van der Waals surface area contributed by atoms with Crippen molar-refractivity contribution in [3.63, 3.8) is 0 Å². The Balaban J connectivity index is 2.36. The van der Waals surface area contributed by atoms with Crippen molar-refractivity contribution in [3.8, 4) is 0 Å². The van der Waals surface area contributed by atoms with E-state index in [1.807, 2.05) is 0 Å². The highest BCUT2D eigenvalue weighted by Gasteiger charge is 2.41. The molecule has 0 heteroatoms. The zero-order valence-electron chi connectivity index (χ0n) is 8.30. The van der Waals surface area contributed by atoms with Gasteiger partial charge in [-0.15, -0.1) is 0 Å². The molecule has 0 aromatic carbocycles. The summed E-state index contributed by atoms with van der Waals surface area (Å²) in [5.74, 6) is 1.62. The fourth-order valence-corrected chi connectivity index (χ4v) is 2.75. The molecule has 66 valence electrons. The monoisotopic (exact) mass is 162 g/mol. The summed E-state index contributed by atoms with van der Waals surface area (Å²) in [4.78, 5) is 0. The lowest BCUT2D eigenvalue weighted by atomic mass is 9.67. The van der Waals surface area contributed by atoms with E-state index in [0.717, 1.165) is 11.8 Å². The molecule has 0 heterocycles. The highest BCUT2D eigenvalue weighted by atomic mass is 14.4. The first-order valence-corrected chi connectivity index (χ1v) is 4.98. The van der Waals surface area contributed by atoms with E-state index < -0.39 is 0 Å². The molecule has 0 aromatic rings. The predicted octanol–water partition coefficient (Wildman–Crippen LogP) is 3.55. The average molecular weight is 162 g/mol. The Hall–Kier alpha value is -0.520. The van der Waals surface area contributed by atoms with Crippen LogP contribution in [0.4, 0.5) is 0 Å². The number of hydrogen-bond donors (Lipinski definition) is 0. The van der Waals surface area contributed by atoms with Crippen molar-refractivity contribution in [2.45, 2.75) is 33.6 Å². The molecule has 0 nitrogen and oxygen atoms in total. The summed E-state index contributed by atoms with van der Waals surface area (Å²) in [5.41, 5.74) is 2.06. The third kappa shape index (κ3) is 0.972. The second-order valence-electron chi connectivity index (χ2n) is 4.73. The van der Waals surface area contributed by atoms with Gasteiger partial charge in [-0.3, -0.25) is 0 Å². The van der Waals surface area contributed by atoms with Gasteiger partial charge in [0, 0.05) is 0 Å². The van der Waals surface area contributed by atoms with Crippen LogP contribution in [-0.4, -0.2) is 0 Å². The van der Waals surface area contributed by atoms with E-state index >= 15 is 0 Å². The lowest BCUT2D eigenvalue weighted by molar-refractivity contribution is 0.205. The number of allylic oxidation sites excluding steroid dienone is 4. The maximum atomic E-state index is 2.51. The van der Waals surface area contributed by atoms with Crippen LogP contribution >= 0.6 is 0 Å². The molecule has 0 unspecified atom stereocenters. The minimum Gasteiger partial charge on any atom is -0.0879 e. The molecule has 2 rings (SSSR count). The Morgan fingerprint density at radius 2 is 2.25 bits per heavy atom. The Morgan fingerprint density at radius 3 is 2.92 bits per heavy atom. The van der Waals surface area contributed by atoms with Gasteiger partial charge in [-0.05, 0) is 37.0 Å². The van der Waals surface area contributed by atoms with Crippen LogP contribution in [0.5, 0.6) is 0 Å². The smallest absolute Gasteiger partial charge is 0.00496 e. The summed E-state index contributed by atoms with van der Waals surface area (Å²) in [6, 6.07) is 0. The van der Waals surface area contributed by atoms with E-state index in [2.05, 4.69) is 39.0 Å². The standard InChI is InChI=1S/C12H18/c1-9-7-11-6-4-5-10(2)12(11,3)8-9/h4,6,8,10-11H,5,7H2,1-3H3/t10-,11+,12+/m1/s1. The Labute approximate surface area is 75.4 Å². The lowest BCUT2D eigenvalue weighted by Crippen LogP contribution is -2.30. The molecule has 0 saturated carbocycles. The molecular formula is C12H18. The molecule has 2 aliphatic rings. The second-order valence-corrected chi connectivity index (χ2v) is 4.73. The number of fused-ring (bicyclic) bond motifs is 1. The first kappa shape index (κ1) is 8.10. The van der Waals surface area contributed by atoms with Crippen molar-refractivity contribution in [2.75, 3.05) is 0 Å². The molecule has 0 amide bonds. The highest BCUT2D eigenvalue weighted by molar-refractivity contribution is 5.24. The first-order valence-electron chi connectivity index (χ1n) is 4.98. The van der Waals surface area contributed by atoms with Crippen molar-refractivity contribution in [2.24, 2.45) is 17.3 Å². The van der Waals surface area contributed by atoms with Crippen molar-refractivity contribution in [1.82, 2.24) is 0 Å². The van der Waals surface area contributed by atoms with Crippen molar-refractivity contribution >= 4 is 0 Å². The van der Waals surface area contributed by atoms with E-state index in [4.69, 9.17) is 0 Å². The maximum absolute atomic E-state index is 2.51. The fourth-order valence-electron chi connectivity index (χ4n) is 2.75. The summed E-state index contributed by atoms with van der Waals surface area (Å²) < 4.78 is 0. The van der Waals surface area contributed by atoms with Gasteiger partial charge in [0.25, 0.3) is 0 Å². The summed E-state index contributed by atoms with van der Waals surface area (Å²) in [7, 11) is 0. The van der Waals surface area contributed by atoms with E-state index in [9.17, 15) is 0 Å². The zero-order chi connectivity index (χ0) is 8.77. The van der Waals surface area contributed by atoms with Gasteiger partial charge in [-0.1, -0.05) is 37.6 Å². The fraction of sp³-hybridized carbons (Fsp3) is 0.667. The molecule has 0 aliphatic heterocycles. The minimum absolute atomic E-state index is 0.471. The van der Waals surface area contributed by atoms with Crippen LogP contribution in [-0.2, 0) is 0 Å². The van der Waals surface area contributed by atoms with Crippen LogP contribution in [0, 0.1) is 17.3 Å². The van der Waals surface area contributed by atoms with Gasteiger partial charge in [0.15, 0.2) is 0 Å². The number of hydrogen-bond acceptors (Lipinski definition) is 0. The largest absolute Gasteiger partial charge is 0.0879 e. The summed E-state index contributed by atoms with van der Waals surface area (Å²) >= 11 is 0. The van der Waals surface area contributed by atoms with Gasteiger partial charge in [0.1, 0.15) is 0 Å². The average Bonchev–Trinajstić information content (AvgIpc) is 2.27. The quantitative estimate of drug-likeness (QED) is 0.478. The third-order valence-corrected chi connectivity index (χ3v) is 3.82. The topological polar surface area (TPSA) is 0 Å². The Kier molecular flexibility index (Phi) is 1.67. The first-order chi connectivity index (χ1) is 5.63. The summed E-state index contributed by atoms with van der Waals surface area (Å²) in [6.45, 7) is 7.07. The molecule has 0 spiro atoms. The van der Waals surface area contributed by atoms with Gasteiger partial charge in [0.05, 0.1) is 0 Å². The molecule has 0 N–H and O–H groups in total. The summed E-state index contributed by atoms with van der Waals surface area (Å²) in [5, 5.41) is 0.